The molecule has 0 aliphatic carbocycles. The Bertz CT molecular complexity index is 453. The van der Waals surface area contributed by atoms with Crippen LogP contribution >= 0.6 is 0 Å². The van der Waals surface area contributed by atoms with Crippen molar-refractivity contribution in [3.05, 3.63) is 23.8 Å². The van der Waals surface area contributed by atoms with Gasteiger partial charge in [0.1, 0.15) is 5.75 Å². The SMILES string of the molecule is CCOc1ccc(NC(=O)CCC(C)(C)N)cc1CO. The second-order valence-electron chi connectivity index (χ2n) is 5.45. The molecule has 0 fully saturated rings. The summed E-state index contributed by atoms with van der Waals surface area (Å²) in [7, 11) is 0. The number of rotatable bonds is 7. The van der Waals surface area contributed by atoms with Crippen molar-refractivity contribution in [3.63, 3.8) is 0 Å². The Labute approximate surface area is 120 Å². The molecule has 1 amide bonds. The van der Waals surface area contributed by atoms with Crippen molar-refractivity contribution < 1.29 is 14.6 Å². The Morgan fingerprint density at radius 2 is 2.15 bits per heavy atom. The van der Waals surface area contributed by atoms with E-state index < -0.39 is 0 Å². The molecule has 1 rings (SSSR count). The van der Waals surface area contributed by atoms with Crippen LogP contribution in [0.3, 0.4) is 0 Å². The van der Waals surface area contributed by atoms with Gasteiger partial charge in [-0.25, -0.2) is 0 Å². The summed E-state index contributed by atoms with van der Waals surface area (Å²) < 4.78 is 5.39. The largest absolute Gasteiger partial charge is 0.494 e. The summed E-state index contributed by atoms with van der Waals surface area (Å²) >= 11 is 0. The smallest absolute Gasteiger partial charge is 0.224 e. The lowest BCUT2D eigenvalue weighted by Crippen LogP contribution is -2.33. The number of aliphatic hydroxyl groups is 1. The molecule has 20 heavy (non-hydrogen) atoms. The third kappa shape index (κ3) is 5.59. The summed E-state index contributed by atoms with van der Waals surface area (Å²) in [5.41, 5.74) is 6.80. The summed E-state index contributed by atoms with van der Waals surface area (Å²) in [5.74, 6) is 0.549. The van der Waals surface area contributed by atoms with Gasteiger partial charge >= 0.3 is 0 Å². The van der Waals surface area contributed by atoms with Crippen molar-refractivity contribution in [1.29, 1.82) is 0 Å². The maximum Gasteiger partial charge on any atom is 0.224 e. The average molecular weight is 280 g/mol. The van der Waals surface area contributed by atoms with Gasteiger partial charge in [0.05, 0.1) is 13.2 Å². The highest BCUT2D eigenvalue weighted by molar-refractivity contribution is 5.90. The maximum atomic E-state index is 11.8. The van der Waals surface area contributed by atoms with Crippen LogP contribution in [0.25, 0.3) is 0 Å². The van der Waals surface area contributed by atoms with E-state index in [4.69, 9.17) is 10.5 Å². The van der Waals surface area contributed by atoms with Crippen LogP contribution in [0.4, 0.5) is 5.69 Å². The van der Waals surface area contributed by atoms with Crippen molar-refractivity contribution in [2.24, 2.45) is 5.73 Å². The first-order chi connectivity index (χ1) is 9.35. The number of carbonyl (C=O) groups is 1. The van der Waals surface area contributed by atoms with E-state index in [1.807, 2.05) is 20.8 Å². The van der Waals surface area contributed by atoms with Gasteiger partial charge in [-0.15, -0.1) is 0 Å². The van der Waals surface area contributed by atoms with Crippen LogP contribution in [-0.2, 0) is 11.4 Å². The number of amides is 1. The van der Waals surface area contributed by atoms with Crippen molar-refractivity contribution in [2.45, 2.75) is 45.8 Å². The van der Waals surface area contributed by atoms with Gasteiger partial charge in [0.25, 0.3) is 0 Å². The monoisotopic (exact) mass is 280 g/mol. The zero-order valence-electron chi connectivity index (χ0n) is 12.4. The molecule has 0 heterocycles. The predicted molar refractivity (Wildman–Crippen MR) is 79.7 cm³/mol. The van der Waals surface area contributed by atoms with E-state index in [-0.39, 0.29) is 18.1 Å². The number of nitrogens with one attached hydrogen (secondary N) is 1. The Hall–Kier alpha value is -1.59. The van der Waals surface area contributed by atoms with Gasteiger partial charge in [0.15, 0.2) is 0 Å². The molecule has 5 nitrogen and oxygen atoms in total. The molecular weight excluding hydrogens is 256 g/mol. The lowest BCUT2D eigenvalue weighted by atomic mass is 10.00. The van der Waals surface area contributed by atoms with Gasteiger partial charge in [-0.3, -0.25) is 4.79 Å². The summed E-state index contributed by atoms with van der Waals surface area (Å²) in [6, 6.07) is 5.23. The third-order valence-corrected chi connectivity index (χ3v) is 2.81. The minimum absolute atomic E-state index is 0.0865. The number of hydrogen-bond donors (Lipinski definition) is 3. The van der Waals surface area contributed by atoms with E-state index in [0.717, 1.165) is 0 Å². The number of hydrogen-bond acceptors (Lipinski definition) is 4. The fourth-order valence-corrected chi connectivity index (χ4v) is 1.74. The van der Waals surface area contributed by atoms with Crippen LogP contribution in [0, 0.1) is 0 Å². The molecule has 1 aromatic rings. The van der Waals surface area contributed by atoms with Crippen molar-refractivity contribution in [1.82, 2.24) is 0 Å². The number of aliphatic hydroxyl groups excluding tert-OH is 1. The molecule has 0 aliphatic rings. The van der Waals surface area contributed by atoms with Crippen LogP contribution in [0.5, 0.6) is 5.75 Å². The molecule has 0 unspecified atom stereocenters. The number of nitrogens with two attached hydrogens (primary N) is 1. The molecule has 0 aromatic heterocycles. The predicted octanol–water partition coefficient (Wildman–Crippen LogP) is 2.03. The molecule has 112 valence electrons. The Morgan fingerprint density at radius 1 is 1.45 bits per heavy atom. The van der Waals surface area contributed by atoms with Crippen LogP contribution in [-0.4, -0.2) is 23.2 Å². The first-order valence-corrected chi connectivity index (χ1v) is 6.81. The molecule has 0 aliphatic heterocycles. The fourth-order valence-electron chi connectivity index (χ4n) is 1.74. The van der Waals surface area contributed by atoms with Crippen molar-refractivity contribution >= 4 is 11.6 Å². The second kappa shape index (κ2) is 7.26. The molecular formula is C15H24N2O3. The number of ether oxygens (including phenoxy) is 1. The molecule has 1 aromatic carbocycles. The molecule has 5 heteroatoms. The summed E-state index contributed by atoms with van der Waals surface area (Å²) in [6.45, 7) is 6.06. The fraction of sp³-hybridized carbons (Fsp3) is 0.533. The van der Waals surface area contributed by atoms with Crippen LogP contribution in [0.1, 0.15) is 39.2 Å². The average Bonchev–Trinajstić information content (AvgIpc) is 2.37. The maximum absolute atomic E-state index is 11.8. The number of benzene rings is 1. The zero-order valence-corrected chi connectivity index (χ0v) is 12.4. The van der Waals surface area contributed by atoms with E-state index in [1.54, 1.807) is 18.2 Å². The molecule has 0 spiro atoms. The molecule has 4 N–H and O–H groups in total. The van der Waals surface area contributed by atoms with Crippen molar-refractivity contribution in [2.75, 3.05) is 11.9 Å². The first kappa shape index (κ1) is 16.5. The molecule has 0 bridgehead atoms. The summed E-state index contributed by atoms with van der Waals surface area (Å²) in [5, 5.41) is 12.1. The van der Waals surface area contributed by atoms with Crippen molar-refractivity contribution in [3.8, 4) is 5.75 Å². The first-order valence-electron chi connectivity index (χ1n) is 6.81. The lowest BCUT2D eigenvalue weighted by molar-refractivity contribution is -0.116. The van der Waals surface area contributed by atoms with Crippen LogP contribution < -0.4 is 15.8 Å². The molecule has 0 radical (unpaired) electrons. The van der Waals surface area contributed by atoms with E-state index in [9.17, 15) is 9.90 Å². The highest BCUT2D eigenvalue weighted by Gasteiger charge is 2.13. The highest BCUT2D eigenvalue weighted by atomic mass is 16.5. The van der Waals surface area contributed by atoms with Gasteiger partial charge in [-0.2, -0.15) is 0 Å². The third-order valence-electron chi connectivity index (χ3n) is 2.81. The number of carbonyl (C=O) groups excluding carboxylic acids is 1. The second-order valence-corrected chi connectivity index (χ2v) is 5.45. The van der Waals surface area contributed by atoms with Gasteiger partial charge in [-0.05, 0) is 45.4 Å². The Balaban J connectivity index is 2.66. The Kier molecular flexibility index (Phi) is 5.98. The lowest BCUT2D eigenvalue weighted by Gasteiger charge is -2.17. The minimum atomic E-state index is -0.355. The van der Waals surface area contributed by atoms with Crippen LogP contribution in [0.15, 0.2) is 18.2 Å². The summed E-state index contributed by atoms with van der Waals surface area (Å²) in [4.78, 5) is 11.8. The topological polar surface area (TPSA) is 84.6 Å². The van der Waals surface area contributed by atoms with E-state index in [1.165, 1.54) is 0 Å². The standard InChI is InChI=1S/C15H24N2O3/c1-4-20-13-6-5-12(9-11(13)10-18)17-14(19)7-8-15(2,3)16/h5-6,9,18H,4,7-8,10,16H2,1-3H3,(H,17,19). The normalized spacial score (nSPS) is 11.2. The van der Waals surface area contributed by atoms with Gasteiger partial charge < -0.3 is 20.9 Å². The van der Waals surface area contributed by atoms with Gasteiger partial charge in [0, 0.05) is 23.2 Å². The zero-order chi connectivity index (χ0) is 15.2. The van der Waals surface area contributed by atoms with Crippen LogP contribution in [0.2, 0.25) is 0 Å². The van der Waals surface area contributed by atoms with Gasteiger partial charge in [-0.1, -0.05) is 0 Å². The van der Waals surface area contributed by atoms with Gasteiger partial charge in [0.2, 0.25) is 5.91 Å². The highest BCUT2D eigenvalue weighted by Crippen LogP contribution is 2.23. The summed E-state index contributed by atoms with van der Waals surface area (Å²) in [6.07, 6.45) is 0.980. The molecule has 0 atom stereocenters. The Morgan fingerprint density at radius 3 is 2.70 bits per heavy atom. The number of anilines is 1. The van der Waals surface area contributed by atoms with E-state index >= 15 is 0 Å². The molecule has 0 saturated heterocycles. The van der Waals surface area contributed by atoms with E-state index in [2.05, 4.69) is 5.32 Å². The van der Waals surface area contributed by atoms with E-state index in [0.29, 0.717) is 36.4 Å². The quantitative estimate of drug-likeness (QED) is 0.713. The minimum Gasteiger partial charge on any atom is -0.494 e. The molecule has 0 saturated carbocycles.